The van der Waals surface area contributed by atoms with Crippen molar-refractivity contribution in [3.05, 3.63) is 36.7 Å². The highest BCUT2D eigenvalue weighted by Gasteiger charge is 1.94. The van der Waals surface area contributed by atoms with Gasteiger partial charge in [0.15, 0.2) is 6.20 Å². The number of aromatic amines is 1. The van der Waals surface area contributed by atoms with E-state index in [9.17, 15) is 0 Å². The second kappa shape index (κ2) is 4.78. The van der Waals surface area contributed by atoms with Crippen LogP contribution in [0.15, 0.2) is 36.7 Å². The first-order valence-electron chi connectivity index (χ1n) is 3.86. The summed E-state index contributed by atoms with van der Waals surface area (Å²) >= 11 is 0. The van der Waals surface area contributed by atoms with E-state index in [4.69, 9.17) is 17.5 Å². The van der Waals surface area contributed by atoms with Crippen LogP contribution in [0.3, 0.4) is 0 Å². The fourth-order valence-electron chi connectivity index (χ4n) is 0.953. The van der Waals surface area contributed by atoms with Crippen molar-refractivity contribution in [1.29, 1.82) is 0 Å². The molecule has 0 bridgehead atoms. The van der Waals surface area contributed by atoms with Gasteiger partial charge in [-0.3, -0.25) is 4.55 Å². The van der Waals surface area contributed by atoms with Gasteiger partial charge in [0, 0.05) is 6.07 Å². The molecule has 1 aromatic carbocycles. The highest BCUT2D eigenvalue weighted by Crippen LogP contribution is 2.01. The van der Waals surface area contributed by atoms with Gasteiger partial charge in [0.25, 0.3) is 0 Å². The van der Waals surface area contributed by atoms with E-state index in [-0.39, 0.29) is 0 Å². The molecule has 0 saturated heterocycles. The second-order valence-electron chi connectivity index (χ2n) is 2.53. The second-order valence-corrected chi connectivity index (χ2v) is 3.39. The zero-order valence-electron chi connectivity index (χ0n) is 7.49. The van der Waals surface area contributed by atoms with E-state index < -0.39 is 10.4 Å². The third-order valence-electron chi connectivity index (χ3n) is 1.43. The Morgan fingerprint density at radius 3 is 2.53 bits per heavy atom. The van der Waals surface area contributed by atoms with Gasteiger partial charge in [-0.25, -0.2) is 18.4 Å². The van der Waals surface area contributed by atoms with Crippen molar-refractivity contribution in [2.45, 2.75) is 0 Å². The summed E-state index contributed by atoms with van der Waals surface area (Å²) in [6.07, 6.45) is 3.57. The van der Waals surface area contributed by atoms with Crippen LogP contribution >= 0.6 is 0 Å². The van der Waals surface area contributed by atoms with Crippen LogP contribution in [-0.4, -0.2) is 22.5 Å². The largest absolute Gasteiger partial charge is 0.726 e. The molecule has 0 aliphatic rings. The molecule has 6 nitrogen and oxygen atoms in total. The molecule has 0 atom stereocenters. The standard InChI is InChI=1S/C8H6N2.H2O4S/c1-2-4-8-7(3-1)9-5-6-10-8;1-5(2,3)4/h1-6H;(H2,1,2,3,4). The first kappa shape index (κ1) is 11.5. The average Bonchev–Trinajstić information content (AvgIpc) is 2.16. The predicted octanol–water partition coefficient (Wildman–Crippen LogP) is 0.0535. The van der Waals surface area contributed by atoms with Crippen molar-refractivity contribution in [3.63, 3.8) is 0 Å². The van der Waals surface area contributed by atoms with Crippen molar-refractivity contribution in [1.82, 2.24) is 4.98 Å². The zero-order valence-corrected chi connectivity index (χ0v) is 8.31. The topological polar surface area (TPSA) is 104 Å². The molecule has 1 heterocycles. The Morgan fingerprint density at radius 1 is 1.33 bits per heavy atom. The Morgan fingerprint density at radius 2 is 1.93 bits per heavy atom. The van der Waals surface area contributed by atoms with E-state index in [0.29, 0.717) is 0 Å². The van der Waals surface area contributed by atoms with Crippen molar-refractivity contribution in [2.75, 3.05) is 0 Å². The summed E-state index contributed by atoms with van der Waals surface area (Å²) in [6, 6.07) is 7.94. The number of aromatic nitrogens is 2. The minimum Gasteiger partial charge on any atom is -0.726 e. The molecule has 0 fully saturated rings. The first-order valence-corrected chi connectivity index (χ1v) is 5.23. The van der Waals surface area contributed by atoms with Crippen LogP contribution in [0.5, 0.6) is 0 Å². The summed E-state index contributed by atoms with van der Waals surface area (Å²) < 4.78 is 32.8. The highest BCUT2D eigenvalue weighted by molar-refractivity contribution is 7.79. The van der Waals surface area contributed by atoms with E-state index in [1.54, 1.807) is 6.20 Å². The number of benzene rings is 1. The fourth-order valence-corrected chi connectivity index (χ4v) is 0.953. The Hall–Kier alpha value is -1.57. The third-order valence-corrected chi connectivity index (χ3v) is 1.43. The van der Waals surface area contributed by atoms with Crippen molar-refractivity contribution in [3.8, 4) is 0 Å². The minimum atomic E-state index is -4.92. The summed E-state index contributed by atoms with van der Waals surface area (Å²) in [5.41, 5.74) is 2.08. The Kier molecular flexibility index (Phi) is 3.67. The lowest BCUT2D eigenvalue weighted by Gasteiger charge is -1.88. The zero-order chi connectivity index (χ0) is 11.3. The molecule has 15 heavy (non-hydrogen) atoms. The predicted molar refractivity (Wildman–Crippen MR) is 50.6 cm³/mol. The Bertz CT molecular complexity index is 468. The van der Waals surface area contributed by atoms with Crippen molar-refractivity contribution < 1.29 is 22.5 Å². The minimum absolute atomic E-state index is 1.00. The molecule has 2 N–H and O–H groups in total. The molecule has 0 aliphatic carbocycles. The van der Waals surface area contributed by atoms with Crippen LogP contribution in [0.4, 0.5) is 0 Å². The van der Waals surface area contributed by atoms with Crippen LogP contribution < -0.4 is 4.98 Å². The van der Waals surface area contributed by atoms with Crippen LogP contribution in [0, 0.1) is 0 Å². The maximum absolute atomic E-state index is 8.63. The van der Waals surface area contributed by atoms with E-state index in [2.05, 4.69) is 9.97 Å². The van der Waals surface area contributed by atoms with E-state index in [1.807, 2.05) is 30.5 Å². The van der Waals surface area contributed by atoms with Gasteiger partial charge in [-0.15, -0.1) is 0 Å². The molecule has 0 saturated carbocycles. The molecule has 2 aromatic rings. The van der Waals surface area contributed by atoms with Gasteiger partial charge in [0.05, 0.1) is 6.20 Å². The summed E-state index contributed by atoms with van der Waals surface area (Å²) in [5, 5.41) is 0. The monoisotopic (exact) mass is 228 g/mol. The van der Waals surface area contributed by atoms with Crippen LogP contribution in [0.2, 0.25) is 0 Å². The van der Waals surface area contributed by atoms with Crippen LogP contribution in [0.25, 0.3) is 11.0 Å². The summed E-state index contributed by atoms with van der Waals surface area (Å²) in [4.78, 5) is 7.24. The SMILES string of the molecule is O=S(=O)([O-])O.c1ccc2[nH+]ccnc2c1. The molecule has 2 rings (SSSR count). The maximum atomic E-state index is 8.63. The first-order chi connectivity index (χ1) is 6.97. The van der Waals surface area contributed by atoms with Gasteiger partial charge >= 0.3 is 0 Å². The molecule has 7 heteroatoms. The number of nitrogens with one attached hydrogen (secondary N) is 1. The normalized spacial score (nSPS) is 10.5. The quantitative estimate of drug-likeness (QED) is 0.506. The highest BCUT2D eigenvalue weighted by atomic mass is 32.3. The van der Waals surface area contributed by atoms with Crippen LogP contribution in [0.1, 0.15) is 0 Å². The van der Waals surface area contributed by atoms with Gasteiger partial charge in [-0.1, -0.05) is 12.1 Å². The molecule has 0 aliphatic heterocycles. The third kappa shape index (κ3) is 5.01. The van der Waals surface area contributed by atoms with E-state index in [1.165, 1.54) is 0 Å². The molecule has 80 valence electrons. The summed E-state index contributed by atoms with van der Waals surface area (Å²) in [5.74, 6) is 0. The number of para-hydroxylation sites is 2. The lowest BCUT2D eigenvalue weighted by atomic mass is 10.3. The number of rotatable bonds is 0. The lowest BCUT2D eigenvalue weighted by Crippen LogP contribution is -2.01. The number of H-pyrrole nitrogens is 1. The molecule has 0 amide bonds. The van der Waals surface area contributed by atoms with Crippen molar-refractivity contribution in [2.24, 2.45) is 0 Å². The van der Waals surface area contributed by atoms with Crippen molar-refractivity contribution >= 4 is 21.4 Å². The fraction of sp³-hybridized carbons (Fsp3) is 0. The van der Waals surface area contributed by atoms with Gasteiger partial charge in [0.1, 0.15) is 5.52 Å². The Balaban J connectivity index is 0.000000195. The average molecular weight is 228 g/mol. The number of hydrogen-bond donors (Lipinski definition) is 1. The molecule has 0 spiro atoms. The van der Waals surface area contributed by atoms with Gasteiger partial charge in [-0.2, -0.15) is 0 Å². The van der Waals surface area contributed by atoms with E-state index in [0.717, 1.165) is 11.0 Å². The molecule has 1 aromatic heterocycles. The van der Waals surface area contributed by atoms with E-state index >= 15 is 0 Å². The van der Waals surface area contributed by atoms with Gasteiger partial charge in [0.2, 0.25) is 15.9 Å². The Labute approximate surface area is 86.2 Å². The maximum Gasteiger partial charge on any atom is 0.229 e. The molecular formula is C8H8N2O4S. The summed E-state index contributed by atoms with van der Waals surface area (Å²) in [7, 11) is -4.92. The van der Waals surface area contributed by atoms with Gasteiger partial charge in [-0.05, 0) is 6.07 Å². The molecule has 0 radical (unpaired) electrons. The molecular weight excluding hydrogens is 220 g/mol. The number of fused-ring (bicyclic) bond motifs is 1. The molecule has 0 unspecified atom stereocenters. The number of hydrogen-bond acceptors (Lipinski definition) is 4. The van der Waals surface area contributed by atoms with Crippen LogP contribution in [-0.2, 0) is 10.4 Å². The summed E-state index contributed by atoms with van der Waals surface area (Å²) in [6.45, 7) is 0. The lowest BCUT2D eigenvalue weighted by molar-refractivity contribution is -0.345. The van der Waals surface area contributed by atoms with Gasteiger partial charge < -0.3 is 4.55 Å². The number of nitrogens with zero attached hydrogens (tertiary/aromatic N) is 1. The smallest absolute Gasteiger partial charge is 0.229 e.